The molecule has 1 heterocycles. The molecule has 7 rings (SSSR count). The lowest BCUT2D eigenvalue weighted by Gasteiger charge is -2.67. The molecular weight excluding hydrogens is 897 g/mol. The van der Waals surface area contributed by atoms with E-state index < -0.39 is 128 Å². The Morgan fingerprint density at radius 2 is 1.49 bits per heavy atom. The number of aliphatic hydroxyl groups excluding tert-OH is 1. The van der Waals surface area contributed by atoms with Crippen molar-refractivity contribution in [3.05, 3.63) is 119 Å². The van der Waals surface area contributed by atoms with Crippen LogP contribution in [0.25, 0.3) is 0 Å². The highest BCUT2D eigenvalue weighted by atomic mass is 31.2. The number of Topliss-reactive ketones (excluding diaryl/α,β-unsaturated/α-hetero) is 1. The number of rotatable bonds is 14. The van der Waals surface area contributed by atoms with Gasteiger partial charge in [0.05, 0.1) is 36.4 Å². The summed E-state index contributed by atoms with van der Waals surface area (Å²) in [5, 5.41) is 41.5. The van der Waals surface area contributed by atoms with Gasteiger partial charge in [-0.25, -0.2) is 18.9 Å². The first-order valence-corrected chi connectivity index (χ1v) is 23.1. The van der Waals surface area contributed by atoms with Crippen LogP contribution in [0.15, 0.2) is 102 Å². The standard InChI is InChI=1S/C47H54NO18P/c1-6-60-43(54)65-36(34(27-16-10-7-11-17-27)48-40(51)28-18-12-8-13-19-28)42(53)64-30-23-47(56)39(66-41(52)29-20-14-9-15-21-29)37-45(5,38(50)35(49)33(26(30)2)44(47,3)4)31(62-25-63-67(57,58)59)22-32-46(37,55)24-61-32/h7-21,30-32,34-37,39,49,55-56H,6,22-25H2,1-5H3,(H,48,51)(H2,57,58,59)/t30?,31?,32?,34?,35?,36?,37?,39?,45-,46?,47?/m1/s1. The van der Waals surface area contributed by atoms with Gasteiger partial charge in [0.15, 0.2) is 12.6 Å². The van der Waals surface area contributed by atoms with Crippen LogP contribution in [0, 0.1) is 16.7 Å². The molecule has 0 spiro atoms. The third-order valence-corrected chi connectivity index (χ3v) is 14.3. The van der Waals surface area contributed by atoms with Crippen LogP contribution in [0.2, 0.25) is 0 Å². The maximum Gasteiger partial charge on any atom is 0.509 e. The fraction of sp³-hybridized carbons (Fsp3) is 0.468. The predicted molar refractivity (Wildman–Crippen MR) is 231 cm³/mol. The highest BCUT2D eigenvalue weighted by Gasteiger charge is 2.76. The number of esters is 2. The minimum Gasteiger partial charge on any atom is -0.455 e. The maximum atomic E-state index is 15.3. The first kappa shape index (κ1) is 49.6. The van der Waals surface area contributed by atoms with Gasteiger partial charge in [-0.2, -0.15) is 0 Å². The van der Waals surface area contributed by atoms with Crippen LogP contribution >= 0.6 is 7.82 Å². The number of nitrogens with one attached hydrogen (secondary N) is 1. The molecule has 2 bridgehead atoms. The number of carbonyl (C=O) groups is 5. The Bertz CT molecular complexity index is 2430. The molecule has 10 unspecified atom stereocenters. The second kappa shape index (κ2) is 19.0. The summed E-state index contributed by atoms with van der Waals surface area (Å²) < 4.78 is 51.1. The number of hydrogen-bond donors (Lipinski definition) is 6. The van der Waals surface area contributed by atoms with Crippen LogP contribution in [0.1, 0.15) is 79.8 Å². The molecule has 4 aliphatic rings. The number of hydrogen-bond acceptors (Lipinski definition) is 16. The zero-order valence-corrected chi connectivity index (χ0v) is 38.2. The topological polar surface area (TPSA) is 280 Å². The van der Waals surface area contributed by atoms with Crippen molar-refractivity contribution in [2.45, 2.75) is 101 Å². The molecule has 3 aromatic carbocycles. The van der Waals surface area contributed by atoms with Crippen LogP contribution in [0.5, 0.6) is 0 Å². The number of amides is 1. The van der Waals surface area contributed by atoms with Gasteiger partial charge in [-0.1, -0.05) is 80.6 Å². The third-order valence-electron chi connectivity index (χ3n) is 13.8. The van der Waals surface area contributed by atoms with Crippen LogP contribution in [-0.2, 0) is 47.1 Å². The Morgan fingerprint density at radius 1 is 0.896 bits per heavy atom. The lowest BCUT2D eigenvalue weighted by molar-refractivity contribution is -0.349. The molecule has 1 aliphatic heterocycles. The van der Waals surface area contributed by atoms with Crippen molar-refractivity contribution in [2.75, 3.05) is 20.0 Å². The lowest BCUT2D eigenvalue weighted by Crippen LogP contribution is -2.81. The van der Waals surface area contributed by atoms with E-state index in [1.165, 1.54) is 58.9 Å². The van der Waals surface area contributed by atoms with Gasteiger partial charge in [0.2, 0.25) is 6.10 Å². The summed E-state index contributed by atoms with van der Waals surface area (Å²) in [4.78, 5) is 90.2. The Labute approximate surface area is 385 Å². The van der Waals surface area contributed by atoms with Crippen molar-refractivity contribution in [1.29, 1.82) is 0 Å². The van der Waals surface area contributed by atoms with Crippen molar-refractivity contribution in [3.8, 4) is 0 Å². The van der Waals surface area contributed by atoms with Crippen molar-refractivity contribution in [1.82, 2.24) is 5.32 Å². The summed E-state index contributed by atoms with van der Waals surface area (Å²) in [7, 11) is -5.11. The monoisotopic (exact) mass is 951 g/mol. The molecule has 19 nitrogen and oxygen atoms in total. The molecule has 0 aromatic heterocycles. The van der Waals surface area contributed by atoms with Gasteiger partial charge < -0.3 is 58.8 Å². The molecule has 0 radical (unpaired) electrons. The fourth-order valence-corrected chi connectivity index (χ4v) is 10.5. The van der Waals surface area contributed by atoms with Crippen molar-refractivity contribution in [3.63, 3.8) is 0 Å². The van der Waals surface area contributed by atoms with Gasteiger partial charge >= 0.3 is 25.9 Å². The molecule has 67 heavy (non-hydrogen) atoms. The van der Waals surface area contributed by atoms with Gasteiger partial charge in [0.25, 0.3) is 5.91 Å². The average molecular weight is 952 g/mol. The molecule has 1 saturated heterocycles. The maximum absolute atomic E-state index is 15.3. The van der Waals surface area contributed by atoms with E-state index in [2.05, 4.69) is 9.84 Å². The van der Waals surface area contributed by atoms with Crippen LogP contribution < -0.4 is 5.32 Å². The predicted octanol–water partition coefficient (Wildman–Crippen LogP) is 3.87. The summed E-state index contributed by atoms with van der Waals surface area (Å²) in [6, 6.07) is 22.4. The van der Waals surface area contributed by atoms with Crippen molar-refractivity contribution in [2.24, 2.45) is 16.7 Å². The molecular formula is C47H54NO18P. The van der Waals surface area contributed by atoms with E-state index in [4.69, 9.17) is 28.4 Å². The Kier molecular flexibility index (Phi) is 14.0. The van der Waals surface area contributed by atoms with Gasteiger partial charge in [-0.15, -0.1) is 0 Å². The summed E-state index contributed by atoms with van der Waals surface area (Å²) >= 11 is 0. The van der Waals surface area contributed by atoms with Crippen LogP contribution in [0.3, 0.4) is 0 Å². The molecule has 3 aromatic rings. The summed E-state index contributed by atoms with van der Waals surface area (Å²) in [5.41, 5.74) is -8.00. The number of phosphoric acid groups is 1. The zero-order valence-electron chi connectivity index (χ0n) is 37.3. The van der Waals surface area contributed by atoms with Crippen molar-refractivity contribution < 1.29 is 86.6 Å². The number of ketones is 1. The van der Waals surface area contributed by atoms with Gasteiger partial charge in [-0.05, 0) is 61.7 Å². The van der Waals surface area contributed by atoms with E-state index in [0.29, 0.717) is 5.56 Å². The summed E-state index contributed by atoms with van der Waals surface area (Å²) in [6.45, 7) is 5.63. The van der Waals surface area contributed by atoms with Crippen LogP contribution in [0.4, 0.5) is 4.79 Å². The zero-order chi connectivity index (χ0) is 48.7. The molecule has 3 fully saturated rings. The van der Waals surface area contributed by atoms with Crippen LogP contribution in [-0.4, -0.2) is 123 Å². The van der Waals surface area contributed by atoms with E-state index in [1.807, 2.05) is 0 Å². The summed E-state index contributed by atoms with van der Waals surface area (Å²) in [6.07, 6.45) is -12.4. The number of ether oxygens (including phenoxy) is 6. The smallest absolute Gasteiger partial charge is 0.455 e. The highest BCUT2D eigenvalue weighted by Crippen LogP contribution is 2.64. The normalized spacial score (nSPS) is 30.7. The van der Waals surface area contributed by atoms with E-state index in [0.717, 1.165) is 0 Å². The molecule has 1 amide bonds. The fourth-order valence-electron chi connectivity index (χ4n) is 10.3. The van der Waals surface area contributed by atoms with E-state index in [-0.39, 0.29) is 35.3 Å². The first-order chi connectivity index (χ1) is 31.6. The highest BCUT2D eigenvalue weighted by molar-refractivity contribution is 7.46. The second-order valence-corrected chi connectivity index (χ2v) is 19.1. The first-order valence-electron chi connectivity index (χ1n) is 21.6. The van der Waals surface area contributed by atoms with Gasteiger partial charge in [-0.3, -0.25) is 14.1 Å². The summed E-state index contributed by atoms with van der Waals surface area (Å²) in [5.74, 6) is -5.61. The molecule has 360 valence electrons. The SMILES string of the molecule is CCOC(=O)OC(C(=O)OC1CC2(O)C(OC(=O)c3ccccc3)C3C4(O)COC4CC(OCOP(=O)(O)O)[C@@]3(C)C(=O)C(O)C(=C1C)C2(C)C)C(NC(=O)c1ccccc1)c1ccccc1. The number of carbonyl (C=O) groups excluding carboxylic acids is 5. The number of benzene rings is 3. The Balaban J connectivity index is 1.37. The van der Waals surface area contributed by atoms with Gasteiger partial charge in [0, 0.05) is 29.7 Å². The minimum atomic E-state index is -5.11. The molecule has 11 atom stereocenters. The Morgan fingerprint density at radius 3 is 2.06 bits per heavy atom. The lowest BCUT2D eigenvalue weighted by atomic mass is 9.44. The van der Waals surface area contributed by atoms with Crippen molar-refractivity contribution >= 4 is 37.6 Å². The average Bonchev–Trinajstić information content (AvgIpc) is 3.29. The molecule has 20 heteroatoms. The Hall–Kier alpha value is -5.34. The number of fused-ring (bicyclic) bond motifs is 5. The van der Waals surface area contributed by atoms with E-state index in [1.54, 1.807) is 66.7 Å². The van der Waals surface area contributed by atoms with E-state index >= 15 is 4.79 Å². The molecule has 2 saturated carbocycles. The van der Waals surface area contributed by atoms with Gasteiger partial charge in [0.1, 0.15) is 35.6 Å². The quantitative estimate of drug-likeness (QED) is 0.0440. The second-order valence-electron chi connectivity index (χ2n) is 17.9. The van der Waals surface area contributed by atoms with E-state index in [9.17, 15) is 48.8 Å². The number of phosphoric ester groups is 1. The largest absolute Gasteiger partial charge is 0.509 e. The molecule has 3 aliphatic carbocycles. The third kappa shape index (κ3) is 9.20. The molecule has 6 N–H and O–H groups in total. The minimum absolute atomic E-state index is 0.0141. The number of aliphatic hydroxyl groups is 3.